The number of rotatable bonds is 12. The number of alkyl halides is 2. The molecule has 36 heavy (non-hydrogen) atoms. The van der Waals surface area contributed by atoms with Gasteiger partial charge in [-0.25, -0.2) is 18.4 Å². The third-order valence-corrected chi connectivity index (χ3v) is 7.93. The number of benzene rings is 1. The molecule has 6 heteroatoms. The van der Waals surface area contributed by atoms with Gasteiger partial charge >= 0.3 is 11.9 Å². The Balaban J connectivity index is 1.40. The van der Waals surface area contributed by atoms with E-state index in [1.165, 1.54) is 11.1 Å². The number of carbonyl (C=O) groups is 2. The molecule has 0 unspecified atom stereocenters. The van der Waals surface area contributed by atoms with Gasteiger partial charge in [0.2, 0.25) is 0 Å². The van der Waals surface area contributed by atoms with Crippen molar-refractivity contribution in [3.8, 4) is 0 Å². The lowest BCUT2D eigenvalue weighted by Gasteiger charge is -2.30. The fraction of sp³-hybridized carbons (Fsp3) is 0.733. The number of ether oxygens (including phenoxy) is 2. The van der Waals surface area contributed by atoms with Crippen LogP contribution in [0.15, 0.2) is 24.3 Å². The molecule has 2 aliphatic rings. The standard InChI is InChI=1S/C30H44F2O4/c1-3-5-7-27(31)29(33)35-25-17-13-23(14-18-25)21-9-11-22(12-10-21)24-15-19-26(20-16-24)36-30(34)28(32)8-6-4-2/h9-12,23-28H,3-8,13-20H2,1-2H3/t23?,24?,25?,26?,27-,28-/m0/s1. The first kappa shape index (κ1) is 28.6. The molecule has 0 aliphatic heterocycles. The van der Waals surface area contributed by atoms with Gasteiger partial charge in [-0.05, 0) is 87.2 Å². The van der Waals surface area contributed by atoms with Crippen LogP contribution in [0.25, 0.3) is 0 Å². The third-order valence-electron chi connectivity index (χ3n) is 7.93. The highest BCUT2D eigenvalue weighted by Gasteiger charge is 2.29. The molecule has 202 valence electrons. The summed E-state index contributed by atoms with van der Waals surface area (Å²) >= 11 is 0. The van der Waals surface area contributed by atoms with E-state index < -0.39 is 24.3 Å². The predicted octanol–water partition coefficient (Wildman–Crippen LogP) is 7.88. The summed E-state index contributed by atoms with van der Waals surface area (Å²) in [5, 5.41) is 0. The molecule has 0 radical (unpaired) electrons. The summed E-state index contributed by atoms with van der Waals surface area (Å²) in [6.07, 6.45) is 7.17. The highest BCUT2D eigenvalue weighted by atomic mass is 19.1. The minimum Gasteiger partial charge on any atom is -0.460 e. The van der Waals surface area contributed by atoms with Crippen LogP contribution in [0.2, 0.25) is 0 Å². The number of hydrogen-bond donors (Lipinski definition) is 0. The van der Waals surface area contributed by atoms with Crippen molar-refractivity contribution in [2.45, 2.75) is 140 Å². The van der Waals surface area contributed by atoms with Crippen LogP contribution in [0, 0.1) is 0 Å². The Morgan fingerprint density at radius 1 is 0.694 bits per heavy atom. The molecule has 0 spiro atoms. The zero-order valence-corrected chi connectivity index (χ0v) is 22.1. The van der Waals surface area contributed by atoms with Crippen molar-refractivity contribution in [3.05, 3.63) is 35.4 Å². The number of unbranched alkanes of at least 4 members (excludes halogenated alkanes) is 2. The van der Waals surface area contributed by atoms with Crippen molar-refractivity contribution in [3.63, 3.8) is 0 Å². The molecular formula is C30H44F2O4. The maximum atomic E-state index is 13.9. The summed E-state index contributed by atoms with van der Waals surface area (Å²) in [7, 11) is 0. The van der Waals surface area contributed by atoms with Crippen molar-refractivity contribution in [1.29, 1.82) is 0 Å². The molecule has 2 saturated carbocycles. The Kier molecular flexibility index (Phi) is 11.7. The highest BCUT2D eigenvalue weighted by Crippen LogP contribution is 2.37. The SMILES string of the molecule is CCCC[C@H](F)C(=O)OC1CCC(c2ccc(C3CCC(OC(=O)[C@@H](F)CCCC)CC3)cc2)CC1. The van der Waals surface area contributed by atoms with Gasteiger partial charge in [-0.2, -0.15) is 0 Å². The molecule has 1 aromatic rings. The second-order valence-corrected chi connectivity index (χ2v) is 10.7. The Hall–Kier alpha value is -1.98. The highest BCUT2D eigenvalue weighted by molar-refractivity contribution is 5.75. The van der Waals surface area contributed by atoms with Gasteiger partial charge < -0.3 is 9.47 Å². The fourth-order valence-electron chi connectivity index (χ4n) is 5.55. The summed E-state index contributed by atoms with van der Waals surface area (Å²) in [6, 6.07) is 8.84. The molecule has 2 atom stereocenters. The first-order chi connectivity index (χ1) is 17.4. The van der Waals surface area contributed by atoms with Crippen LogP contribution in [-0.4, -0.2) is 36.5 Å². The molecule has 0 saturated heterocycles. The molecule has 2 aliphatic carbocycles. The topological polar surface area (TPSA) is 52.6 Å². The van der Waals surface area contributed by atoms with Crippen molar-refractivity contribution in [2.24, 2.45) is 0 Å². The number of halogens is 2. The number of hydrogen-bond acceptors (Lipinski definition) is 4. The van der Waals surface area contributed by atoms with E-state index in [2.05, 4.69) is 24.3 Å². The van der Waals surface area contributed by atoms with Gasteiger partial charge in [0.1, 0.15) is 12.2 Å². The minimum atomic E-state index is -1.50. The summed E-state index contributed by atoms with van der Waals surface area (Å²) in [5.74, 6) is -0.512. The lowest BCUT2D eigenvalue weighted by Crippen LogP contribution is -2.28. The third kappa shape index (κ3) is 8.55. The van der Waals surface area contributed by atoms with Gasteiger partial charge in [0, 0.05) is 0 Å². The van der Waals surface area contributed by atoms with Gasteiger partial charge in [-0.3, -0.25) is 0 Å². The van der Waals surface area contributed by atoms with Crippen LogP contribution in [0.4, 0.5) is 8.78 Å². The molecule has 3 rings (SSSR count). The molecular weight excluding hydrogens is 462 g/mol. The number of carbonyl (C=O) groups excluding carboxylic acids is 2. The Labute approximate surface area is 215 Å². The van der Waals surface area contributed by atoms with Crippen molar-refractivity contribution < 1.29 is 27.8 Å². The van der Waals surface area contributed by atoms with E-state index in [9.17, 15) is 18.4 Å². The molecule has 0 bridgehead atoms. The number of esters is 2. The van der Waals surface area contributed by atoms with E-state index >= 15 is 0 Å². The average Bonchev–Trinajstić information content (AvgIpc) is 2.91. The van der Waals surface area contributed by atoms with Crippen LogP contribution >= 0.6 is 0 Å². The molecule has 0 aromatic heterocycles. The zero-order chi connectivity index (χ0) is 25.9. The van der Waals surface area contributed by atoms with Crippen LogP contribution in [0.3, 0.4) is 0 Å². The Morgan fingerprint density at radius 2 is 1.03 bits per heavy atom. The minimum absolute atomic E-state index is 0.170. The smallest absolute Gasteiger partial charge is 0.340 e. The second-order valence-electron chi connectivity index (χ2n) is 10.7. The van der Waals surface area contributed by atoms with Gasteiger partial charge in [0.05, 0.1) is 0 Å². The van der Waals surface area contributed by atoms with E-state index in [1.807, 2.05) is 13.8 Å². The molecule has 0 N–H and O–H groups in total. The van der Waals surface area contributed by atoms with E-state index in [0.29, 0.717) is 24.7 Å². The van der Waals surface area contributed by atoms with Crippen molar-refractivity contribution in [2.75, 3.05) is 0 Å². The summed E-state index contributed by atoms with van der Waals surface area (Å²) < 4.78 is 38.7. The largest absolute Gasteiger partial charge is 0.460 e. The Bertz CT molecular complexity index is 729. The van der Waals surface area contributed by atoms with E-state index in [0.717, 1.165) is 64.2 Å². The first-order valence-corrected chi connectivity index (χ1v) is 14.2. The average molecular weight is 507 g/mol. The summed E-state index contributed by atoms with van der Waals surface area (Å²) in [5.41, 5.74) is 2.61. The maximum Gasteiger partial charge on any atom is 0.340 e. The quantitative estimate of drug-likeness (QED) is 0.271. The lowest BCUT2D eigenvalue weighted by atomic mass is 9.80. The molecule has 4 nitrogen and oxygen atoms in total. The van der Waals surface area contributed by atoms with Crippen molar-refractivity contribution in [1.82, 2.24) is 0 Å². The van der Waals surface area contributed by atoms with Gasteiger partial charge in [0.15, 0.2) is 12.3 Å². The van der Waals surface area contributed by atoms with Crippen LogP contribution in [0.1, 0.15) is 127 Å². The maximum absolute atomic E-state index is 13.9. The lowest BCUT2D eigenvalue weighted by molar-refractivity contribution is -0.157. The predicted molar refractivity (Wildman–Crippen MR) is 137 cm³/mol. The van der Waals surface area contributed by atoms with E-state index in [1.54, 1.807) is 0 Å². The van der Waals surface area contributed by atoms with Gasteiger partial charge in [0.25, 0.3) is 0 Å². The molecule has 0 heterocycles. The Morgan fingerprint density at radius 3 is 1.33 bits per heavy atom. The molecule has 0 amide bonds. The molecule has 1 aromatic carbocycles. The first-order valence-electron chi connectivity index (χ1n) is 14.2. The fourth-order valence-corrected chi connectivity index (χ4v) is 5.55. The summed E-state index contributed by atoms with van der Waals surface area (Å²) in [4.78, 5) is 23.9. The van der Waals surface area contributed by atoms with E-state index in [-0.39, 0.29) is 25.0 Å². The van der Waals surface area contributed by atoms with Crippen LogP contribution < -0.4 is 0 Å². The second kappa shape index (κ2) is 14.7. The van der Waals surface area contributed by atoms with Gasteiger partial charge in [-0.15, -0.1) is 0 Å². The molecule has 2 fully saturated rings. The normalized spacial score (nSPS) is 26.1. The zero-order valence-electron chi connectivity index (χ0n) is 22.1. The van der Waals surface area contributed by atoms with Crippen LogP contribution in [0.5, 0.6) is 0 Å². The monoisotopic (exact) mass is 506 g/mol. The van der Waals surface area contributed by atoms with Crippen molar-refractivity contribution >= 4 is 11.9 Å². The van der Waals surface area contributed by atoms with Crippen LogP contribution in [-0.2, 0) is 19.1 Å². The van der Waals surface area contributed by atoms with Gasteiger partial charge in [-0.1, -0.05) is 63.8 Å². The summed E-state index contributed by atoms with van der Waals surface area (Å²) in [6.45, 7) is 3.96. The van der Waals surface area contributed by atoms with E-state index in [4.69, 9.17) is 9.47 Å².